The van der Waals surface area contributed by atoms with Crippen LogP contribution in [-0.4, -0.2) is 35.2 Å². The standard InChI is InChI=1S/C18H16Cl2N2O6S/c1-9(2)16(18(25)28-8-13(23)14-5-6-15(20)29-14)21-17(24)11-7-10(22(26)27)3-4-12(11)19/h3-7,9,16H,8H2,1-2H3,(H,21,24)/t16-/m1/s1. The first-order valence-corrected chi connectivity index (χ1v) is 9.87. The number of ketones is 1. The van der Waals surface area contributed by atoms with Crippen LogP contribution in [-0.2, 0) is 9.53 Å². The van der Waals surface area contributed by atoms with Gasteiger partial charge in [-0.15, -0.1) is 11.3 Å². The molecule has 0 radical (unpaired) electrons. The number of thiophene rings is 1. The van der Waals surface area contributed by atoms with Crippen LogP contribution in [0.25, 0.3) is 0 Å². The smallest absolute Gasteiger partial charge is 0.329 e. The highest BCUT2D eigenvalue weighted by Gasteiger charge is 2.28. The number of hydrogen-bond donors (Lipinski definition) is 1. The Morgan fingerprint density at radius 1 is 1.21 bits per heavy atom. The number of nitro groups is 1. The van der Waals surface area contributed by atoms with E-state index in [1.165, 1.54) is 12.1 Å². The number of nitro benzene ring substituents is 1. The van der Waals surface area contributed by atoms with Gasteiger partial charge in [-0.1, -0.05) is 37.0 Å². The van der Waals surface area contributed by atoms with Gasteiger partial charge in [0.2, 0.25) is 5.78 Å². The minimum Gasteiger partial charge on any atom is -0.456 e. The molecule has 0 spiro atoms. The zero-order valence-electron chi connectivity index (χ0n) is 15.3. The topological polar surface area (TPSA) is 116 Å². The van der Waals surface area contributed by atoms with Crippen LogP contribution in [0.5, 0.6) is 0 Å². The Labute approximate surface area is 179 Å². The lowest BCUT2D eigenvalue weighted by Gasteiger charge is -2.21. The molecule has 1 amide bonds. The number of halogens is 2. The average molecular weight is 459 g/mol. The van der Waals surface area contributed by atoms with Crippen molar-refractivity contribution >= 4 is 57.9 Å². The summed E-state index contributed by atoms with van der Waals surface area (Å²) in [6.45, 7) is 2.83. The summed E-state index contributed by atoms with van der Waals surface area (Å²) in [4.78, 5) is 47.6. The Morgan fingerprint density at radius 2 is 1.90 bits per heavy atom. The molecule has 2 aromatic rings. The molecule has 0 saturated heterocycles. The quantitative estimate of drug-likeness (QED) is 0.275. The molecule has 0 aliphatic heterocycles. The fourth-order valence-corrected chi connectivity index (χ4v) is 3.45. The lowest BCUT2D eigenvalue weighted by molar-refractivity contribution is -0.384. The number of benzene rings is 1. The molecule has 0 saturated carbocycles. The van der Waals surface area contributed by atoms with Crippen molar-refractivity contribution in [3.8, 4) is 0 Å². The van der Waals surface area contributed by atoms with E-state index < -0.39 is 35.2 Å². The molecule has 0 fully saturated rings. The molecule has 11 heteroatoms. The van der Waals surface area contributed by atoms with Gasteiger partial charge in [0.1, 0.15) is 6.04 Å². The van der Waals surface area contributed by atoms with Gasteiger partial charge in [0.05, 0.1) is 24.7 Å². The van der Waals surface area contributed by atoms with Crippen LogP contribution in [0.2, 0.25) is 9.36 Å². The highest BCUT2D eigenvalue weighted by atomic mass is 35.5. The monoisotopic (exact) mass is 458 g/mol. The van der Waals surface area contributed by atoms with E-state index in [9.17, 15) is 24.5 Å². The number of amides is 1. The molecule has 1 aromatic carbocycles. The van der Waals surface area contributed by atoms with Crippen molar-refractivity contribution in [3.63, 3.8) is 0 Å². The second kappa shape index (κ2) is 9.82. The van der Waals surface area contributed by atoms with Crippen LogP contribution in [0.4, 0.5) is 5.69 Å². The van der Waals surface area contributed by atoms with Crippen molar-refractivity contribution in [1.82, 2.24) is 5.32 Å². The third-order valence-corrected chi connectivity index (χ3v) is 5.41. The van der Waals surface area contributed by atoms with E-state index in [1.54, 1.807) is 19.9 Å². The van der Waals surface area contributed by atoms with Gasteiger partial charge >= 0.3 is 5.97 Å². The zero-order chi connectivity index (χ0) is 21.7. The van der Waals surface area contributed by atoms with Crippen molar-refractivity contribution < 1.29 is 24.0 Å². The number of ether oxygens (including phenoxy) is 1. The Bertz CT molecular complexity index is 960. The van der Waals surface area contributed by atoms with Crippen LogP contribution in [0.1, 0.15) is 33.9 Å². The van der Waals surface area contributed by atoms with Gasteiger partial charge in [-0.3, -0.25) is 19.7 Å². The van der Waals surface area contributed by atoms with E-state index in [0.29, 0.717) is 9.21 Å². The van der Waals surface area contributed by atoms with Crippen LogP contribution in [0, 0.1) is 16.0 Å². The maximum atomic E-state index is 12.5. The molecule has 1 heterocycles. The molecule has 0 aliphatic rings. The van der Waals surface area contributed by atoms with Crippen molar-refractivity contribution in [3.05, 3.63) is 60.2 Å². The molecule has 0 unspecified atom stereocenters. The second-order valence-corrected chi connectivity index (χ2v) is 8.37. The Balaban J connectivity index is 2.08. The SMILES string of the molecule is CC(C)[C@@H](NC(=O)c1cc([N+](=O)[O-])ccc1Cl)C(=O)OCC(=O)c1ccc(Cl)s1. The average Bonchev–Trinajstić information content (AvgIpc) is 3.10. The summed E-state index contributed by atoms with van der Waals surface area (Å²) in [6.07, 6.45) is 0. The van der Waals surface area contributed by atoms with Crippen LogP contribution in [0.3, 0.4) is 0 Å². The van der Waals surface area contributed by atoms with Crippen molar-refractivity contribution in [2.45, 2.75) is 19.9 Å². The van der Waals surface area contributed by atoms with Crippen molar-refractivity contribution in [1.29, 1.82) is 0 Å². The predicted octanol–water partition coefficient (Wildman–Crippen LogP) is 4.14. The number of carbonyl (C=O) groups is 3. The number of esters is 1. The van der Waals surface area contributed by atoms with E-state index in [2.05, 4.69) is 5.32 Å². The third-order valence-electron chi connectivity index (χ3n) is 3.81. The summed E-state index contributed by atoms with van der Waals surface area (Å²) in [5.41, 5.74) is -0.466. The van der Waals surface area contributed by atoms with Gasteiger partial charge in [-0.25, -0.2) is 4.79 Å². The first-order chi connectivity index (χ1) is 13.6. The lowest BCUT2D eigenvalue weighted by atomic mass is 10.0. The number of nitrogens with one attached hydrogen (secondary N) is 1. The van der Waals surface area contributed by atoms with E-state index in [0.717, 1.165) is 23.5 Å². The number of Topliss-reactive ketones (excluding diaryl/α,β-unsaturated/α-hetero) is 1. The van der Waals surface area contributed by atoms with Gasteiger partial charge in [0.15, 0.2) is 6.61 Å². The highest BCUT2D eigenvalue weighted by Crippen LogP contribution is 2.23. The molecule has 0 bridgehead atoms. The third kappa shape index (κ3) is 5.99. The summed E-state index contributed by atoms with van der Waals surface area (Å²) in [5, 5.41) is 13.4. The first-order valence-electron chi connectivity index (χ1n) is 8.30. The lowest BCUT2D eigenvalue weighted by Crippen LogP contribution is -2.45. The van der Waals surface area contributed by atoms with Crippen LogP contribution >= 0.6 is 34.5 Å². The molecule has 8 nitrogen and oxygen atoms in total. The summed E-state index contributed by atoms with van der Waals surface area (Å²) in [6, 6.07) is 5.40. The fourth-order valence-electron chi connectivity index (χ4n) is 2.28. The largest absolute Gasteiger partial charge is 0.456 e. The van der Waals surface area contributed by atoms with E-state index >= 15 is 0 Å². The van der Waals surface area contributed by atoms with Gasteiger partial charge < -0.3 is 10.1 Å². The molecular formula is C18H16Cl2N2O6S. The molecule has 1 atom stereocenters. The normalized spacial score (nSPS) is 11.8. The molecule has 1 N–H and O–H groups in total. The van der Waals surface area contributed by atoms with Gasteiger partial charge in [-0.2, -0.15) is 0 Å². The number of nitrogens with zero attached hydrogens (tertiary/aromatic N) is 1. The minimum atomic E-state index is -1.09. The van der Waals surface area contributed by atoms with Crippen molar-refractivity contribution in [2.24, 2.45) is 5.92 Å². The van der Waals surface area contributed by atoms with Crippen molar-refractivity contribution in [2.75, 3.05) is 6.61 Å². The molecule has 2 rings (SSSR count). The second-order valence-electron chi connectivity index (χ2n) is 6.25. The van der Waals surface area contributed by atoms with E-state index in [1.807, 2.05) is 0 Å². The zero-order valence-corrected chi connectivity index (χ0v) is 17.6. The molecule has 154 valence electrons. The molecule has 1 aromatic heterocycles. The number of carbonyl (C=O) groups excluding carboxylic acids is 3. The number of hydrogen-bond acceptors (Lipinski definition) is 7. The maximum absolute atomic E-state index is 12.5. The van der Waals surface area contributed by atoms with E-state index in [4.69, 9.17) is 27.9 Å². The van der Waals surface area contributed by atoms with Gasteiger partial charge in [0, 0.05) is 12.1 Å². The van der Waals surface area contributed by atoms with Gasteiger partial charge in [-0.05, 0) is 24.1 Å². The summed E-state index contributed by atoms with van der Waals surface area (Å²) < 4.78 is 5.47. The highest BCUT2D eigenvalue weighted by molar-refractivity contribution is 7.18. The maximum Gasteiger partial charge on any atom is 0.329 e. The molecule has 29 heavy (non-hydrogen) atoms. The van der Waals surface area contributed by atoms with E-state index in [-0.39, 0.29) is 22.2 Å². The molecule has 0 aliphatic carbocycles. The number of non-ortho nitro benzene ring substituents is 1. The minimum absolute atomic E-state index is 0.00581. The Morgan fingerprint density at radius 3 is 2.45 bits per heavy atom. The fraction of sp³-hybridized carbons (Fsp3) is 0.278. The Hall–Kier alpha value is -2.49. The summed E-state index contributed by atoms with van der Waals surface area (Å²) in [7, 11) is 0. The van der Waals surface area contributed by atoms with Crippen LogP contribution < -0.4 is 5.32 Å². The predicted molar refractivity (Wildman–Crippen MR) is 109 cm³/mol. The summed E-state index contributed by atoms with van der Waals surface area (Å²) >= 11 is 12.8. The van der Waals surface area contributed by atoms with Crippen LogP contribution in [0.15, 0.2) is 30.3 Å². The Kier molecular flexibility index (Phi) is 7.72. The first kappa shape index (κ1) is 22.8. The molecular weight excluding hydrogens is 443 g/mol. The van der Waals surface area contributed by atoms with Gasteiger partial charge in [0.25, 0.3) is 11.6 Å². The number of rotatable bonds is 8. The summed E-state index contributed by atoms with van der Waals surface area (Å²) in [5.74, 6) is -2.39.